The molecule has 13 heavy (non-hydrogen) atoms. The summed E-state index contributed by atoms with van der Waals surface area (Å²) in [5.41, 5.74) is 1.08. The predicted octanol–water partition coefficient (Wildman–Crippen LogP) is 2.39. The van der Waals surface area contributed by atoms with Crippen LogP contribution in [0, 0.1) is 12.7 Å². The van der Waals surface area contributed by atoms with Gasteiger partial charge < -0.3 is 5.11 Å². The third-order valence-corrected chi connectivity index (χ3v) is 1.93. The van der Waals surface area contributed by atoms with Gasteiger partial charge in [-0.1, -0.05) is 6.07 Å². The number of phenolic OH excluding ortho intramolecular Hbond substituents is 1. The van der Waals surface area contributed by atoms with Gasteiger partial charge in [-0.15, -0.1) is 0 Å². The SMILES string of the molecule is Cc1ccc2ccc(F)c(O)c2n1. The van der Waals surface area contributed by atoms with E-state index in [4.69, 9.17) is 0 Å². The van der Waals surface area contributed by atoms with E-state index in [-0.39, 0.29) is 5.75 Å². The molecule has 0 saturated heterocycles. The summed E-state index contributed by atoms with van der Waals surface area (Å²) in [5.74, 6) is -1.01. The van der Waals surface area contributed by atoms with Gasteiger partial charge in [0, 0.05) is 11.1 Å². The molecular weight excluding hydrogens is 169 g/mol. The summed E-state index contributed by atoms with van der Waals surface area (Å²) < 4.78 is 12.9. The number of fused-ring (bicyclic) bond motifs is 1. The van der Waals surface area contributed by atoms with E-state index in [0.29, 0.717) is 5.52 Å². The Bertz CT molecular complexity index is 462. The summed E-state index contributed by atoms with van der Waals surface area (Å²) in [7, 11) is 0. The number of aryl methyl sites for hydroxylation is 1. The van der Waals surface area contributed by atoms with Crippen LogP contribution in [-0.2, 0) is 0 Å². The van der Waals surface area contributed by atoms with Crippen molar-refractivity contribution in [3.8, 4) is 5.75 Å². The first-order valence-corrected chi connectivity index (χ1v) is 3.93. The maximum Gasteiger partial charge on any atom is 0.178 e. The lowest BCUT2D eigenvalue weighted by molar-refractivity contribution is 0.437. The molecule has 0 radical (unpaired) electrons. The number of aromatic nitrogens is 1. The Morgan fingerprint density at radius 1 is 1.23 bits per heavy atom. The molecule has 0 unspecified atom stereocenters. The molecular formula is C10H8FNO. The topological polar surface area (TPSA) is 33.1 Å². The van der Waals surface area contributed by atoms with Crippen molar-refractivity contribution in [2.24, 2.45) is 0 Å². The van der Waals surface area contributed by atoms with E-state index in [9.17, 15) is 9.50 Å². The van der Waals surface area contributed by atoms with Gasteiger partial charge in [0.05, 0.1) is 0 Å². The lowest BCUT2D eigenvalue weighted by Crippen LogP contribution is -1.85. The van der Waals surface area contributed by atoms with Crippen LogP contribution in [0.2, 0.25) is 0 Å². The third-order valence-electron chi connectivity index (χ3n) is 1.93. The van der Waals surface area contributed by atoms with Crippen LogP contribution in [0.1, 0.15) is 5.69 Å². The monoisotopic (exact) mass is 177 g/mol. The fourth-order valence-corrected chi connectivity index (χ4v) is 1.25. The number of pyridine rings is 1. The summed E-state index contributed by atoms with van der Waals surface area (Å²) in [6, 6.07) is 6.45. The minimum absolute atomic E-state index is 0.319. The second kappa shape index (κ2) is 2.69. The van der Waals surface area contributed by atoms with Gasteiger partial charge in [0.15, 0.2) is 11.6 Å². The molecule has 0 aliphatic carbocycles. The fraction of sp³-hybridized carbons (Fsp3) is 0.100. The Morgan fingerprint density at radius 3 is 2.69 bits per heavy atom. The standard InChI is InChI=1S/C10H8FNO/c1-6-2-3-7-4-5-8(11)10(13)9(7)12-6/h2-5,13H,1H3. The summed E-state index contributed by atoms with van der Waals surface area (Å²) in [6.45, 7) is 1.80. The van der Waals surface area contributed by atoms with Gasteiger partial charge in [0.2, 0.25) is 0 Å². The molecule has 2 aromatic rings. The Balaban J connectivity index is 2.89. The molecule has 2 nitrogen and oxygen atoms in total. The van der Waals surface area contributed by atoms with Crippen molar-refractivity contribution in [1.29, 1.82) is 0 Å². The fourth-order valence-electron chi connectivity index (χ4n) is 1.25. The van der Waals surface area contributed by atoms with Gasteiger partial charge in [0.1, 0.15) is 5.52 Å². The maximum atomic E-state index is 12.9. The maximum absolute atomic E-state index is 12.9. The average molecular weight is 177 g/mol. The molecule has 1 N–H and O–H groups in total. The molecule has 66 valence electrons. The summed E-state index contributed by atoms with van der Waals surface area (Å²) in [6.07, 6.45) is 0. The third kappa shape index (κ3) is 1.22. The van der Waals surface area contributed by atoms with Gasteiger partial charge in [-0.3, -0.25) is 0 Å². The van der Waals surface area contributed by atoms with Crippen LogP contribution in [-0.4, -0.2) is 10.1 Å². The highest BCUT2D eigenvalue weighted by Crippen LogP contribution is 2.25. The zero-order valence-electron chi connectivity index (χ0n) is 7.08. The first kappa shape index (κ1) is 7.98. The second-order valence-corrected chi connectivity index (χ2v) is 2.92. The molecule has 0 fully saturated rings. The van der Waals surface area contributed by atoms with Crippen molar-refractivity contribution >= 4 is 10.9 Å². The summed E-state index contributed by atoms with van der Waals surface area (Å²) >= 11 is 0. The van der Waals surface area contributed by atoms with Gasteiger partial charge in [0.25, 0.3) is 0 Å². The Morgan fingerprint density at radius 2 is 1.92 bits per heavy atom. The Labute approximate surface area is 74.7 Å². The average Bonchev–Trinajstić information content (AvgIpc) is 2.12. The molecule has 0 bridgehead atoms. The van der Waals surface area contributed by atoms with E-state index in [0.717, 1.165) is 11.1 Å². The largest absolute Gasteiger partial charge is 0.503 e. The van der Waals surface area contributed by atoms with E-state index < -0.39 is 5.82 Å². The molecule has 0 atom stereocenters. The highest BCUT2D eigenvalue weighted by atomic mass is 19.1. The zero-order valence-corrected chi connectivity index (χ0v) is 7.08. The number of aromatic hydroxyl groups is 1. The van der Waals surface area contributed by atoms with Crippen LogP contribution in [0.4, 0.5) is 4.39 Å². The molecule has 2 rings (SSSR count). The van der Waals surface area contributed by atoms with Crippen molar-refractivity contribution in [2.75, 3.05) is 0 Å². The van der Waals surface area contributed by atoms with Crippen LogP contribution < -0.4 is 0 Å². The van der Waals surface area contributed by atoms with E-state index in [1.807, 2.05) is 6.07 Å². The van der Waals surface area contributed by atoms with Crippen molar-refractivity contribution in [3.63, 3.8) is 0 Å². The van der Waals surface area contributed by atoms with Gasteiger partial charge in [-0.25, -0.2) is 9.37 Å². The first-order valence-electron chi connectivity index (χ1n) is 3.93. The van der Waals surface area contributed by atoms with Crippen LogP contribution in [0.3, 0.4) is 0 Å². The van der Waals surface area contributed by atoms with Gasteiger partial charge in [-0.05, 0) is 25.1 Å². The minimum atomic E-state index is -0.634. The molecule has 3 heteroatoms. The van der Waals surface area contributed by atoms with Crippen molar-refractivity contribution in [3.05, 3.63) is 35.8 Å². The molecule has 0 spiro atoms. The number of benzene rings is 1. The number of nitrogens with zero attached hydrogens (tertiary/aromatic N) is 1. The number of hydrogen-bond donors (Lipinski definition) is 1. The van der Waals surface area contributed by atoms with Gasteiger partial charge >= 0.3 is 0 Å². The summed E-state index contributed by atoms with van der Waals surface area (Å²) in [5, 5.41) is 10.1. The normalized spacial score (nSPS) is 10.6. The Kier molecular flexibility index (Phi) is 1.65. The molecule has 1 aromatic carbocycles. The van der Waals surface area contributed by atoms with Crippen LogP contribution in [0.15, 0.2) is 24.3 Å². The van der Waals surface area contributed by atoms with Gasteiger partial charge in [-0.2, -0.15) is 0 Å². The summed E-state index contributed by atoms with van der Waals surface area (Å²) in [4.78, 5) is 4.05. The van der Waals surface area contributed by atoms with Crippen LogP contribution >= 0.6 is 0 Å². The smallest absolute Gasteiger partial charge is 0.178 e. The predicted molar refractivity (Wildman–Crippen MR) is 48.1 cm³/mol. The molecule has 1 aromatic heterocycles. The highest BCUT2D eigenvalue weighted by molar-refractivity contribution is 5.84. The quantitative estimate of drug-likeness (QED) is 0.670. The molecule has 0 saturated carbocycles. The van der Waals surface area contributed by atoms with Crippen LogP contribution in [0.25, 0.3) is 10.9 Å². The number of rotatable bonds is 0. The zero-order chi connectivity index (χ0) is 9.42. The Hall–Kier alpha value is -1.64. The van der Waals surface area contributed by atoms with E-state index in [2.05, 4.69) is 4.98 Å². The van der Waals surface area contributed by atoms with E-state index in [1.54, 1.807) is 19.1 Å². The number of halogens is 1. The van der Waals surface area contributed by atoms with E-state index >= 15 is 0 Å². The number of hydrogen-bond acceptors (Lipinski definition) is 2. The molecule has 0 aliphatic rings. The first-order chi connectivity index (χ1) is 6.18. The van der Waals surface area contributed by atoms with Crippen LogP contribution in [0.5, 0.6) is 5.75 Å². The van der Waals surface area contributed by atoms with Crippen molar-refractivity contribution in [1.82, 2.24) is 4.98 Å². The number of phenols is 1. The minimum Gasteiger partial charge on any atom is -0.503 e. The molecule has 0 aliphatic heterocycles. The molecule has 1 heterocycles. The van der Waals surface area contributed by atoms with Crippen molar-refractivity contribution in [2.45, 2.75) is 6.92 Å². The van der Waals surface area contributed by atoms with Crippen molar-refractivity contribution < 1.29 is 9.50 Å². The second-order valence-electron chi connectivity index (χ2n) is 2.92. The molecule has 0 amide bonds. The highest BCUT2D eigenvalue weighted by Gasteiger charge is 2.06. The lowest BCUT2D eigenvalue weighted by atomic mass is 10.2. The van der Waals surface area contributed by atoms with E-state index in [1.165, 1.54) is 6.07 Å². The lowest BCUT2D eigenvalue weighted by Gasteiger charge is -2.01.